The molecule has 0 unspecified atom stereocenters. The second-order valence-electron chi connectivity index (χ2n) is 12.8. The lowest BCUT2D eigenvalue weighted by molar-refractivity contribution is 0.665. The Hall–Kier alpha value is -6.78. The fourth-order valence-electron chi connectivity index (χ4n) is 7.80. The molecule has 0 saturated carbocycles. The van der Waals surface area contributed by atoms with Crippen molar-refractivity contribution < 1.29 is 13.3 Å². The highest BCUT2D eigenvalue weighted by molar-refractivity contribution is 6.34. The highest BCUT2D eigenvalue weighted by Gasteiger charge is 2.25. The molecule has 11 aromatic rings. The van der Waals surface area contributed by atoms with Crippen LogP contribution in [0.25, 0.3) is 87.7 Å². The number of hydrogen-bond acceptors (Lipinski definition) is 4. The van der Waals surface area contributed by atoms with E-state index in [2.05, 4.69) is 138 Å². The van der Waals surface area contributed by atoms with Gasteiger partial charge in [0.2, 0.25) is 0 Å². The van der Waals surface area contributed by atoms with E-state index in [1.807, 2.05) is 30.3 Å². The van der Waals surface area contributed by atoms with E-state index >= 15 is 0 Å². The number of fused-ring (bicyclic) bond motifs is 13. The lowest BCUT2D eigenvalue weighted by Gasteiger charge is -2.25. The van der Waals surface area contributed by atoms with Crippen LogP contribution in [-0.2, 0) is 0 Å². The fourth-order valence-corrected chi connectivity index (χ4v) is 7.80. The maximum Gasteiger partial charge on any atom is 0.159 e. The van der Waals surface area contributed by atoms with Gasteiger partial charge in [0.25, 0.3) is 0 Å². The van der Waals surface area contributed by atoms with Crippen LogP contribution in [0, 0.1) is 0 Å². The summed E-state index contributed by atoms with van der Waals surface area (Å²) in [5, 5.41) is 8.57. The predicted octanol–water partition coefficient (Wildman–Crippen LogP) is 13.7. The molecule has 0 atom stereocenters. The third-order valence-electron chi connectivity index (χ3n) is 10.1. The normalized spacial score (nSPS) is 12.0. The Bertz CT molecular complexity index is 3090. The average Bonchev–Trinajstić information content (AvgIpc) is 3.87. The summed E-state index contributed by atoms with van der Waals surface area (Å²) in [6, 6.07) is 57.0. The van der Waals surface area contributed by atoms with Crippen molar-refractivity contribution in [2.75, 3.05) is 4.90 Å². The van der Waals surface area contributed by atoms with E-state index in [0.717, 1.165) is 99.2 Å². The molecule has 0 radical (unpaired) electrons. The van der Waals surface area contributed by atoms with Gasteiger partial charge in [0.1, 0.15) is 27.9 Å². The Morgan fingerprint density at radius 1 is 0.320 bits per heavy atom. The van der Waals surface area contributed by atoms with Gasteiger partial charge in [-0.2, -0.15) is 0 Å². The number of anilines is 3. The van der Waals surface area contributed by atoms with Gasteiger partial charge in [0.15, 0.2) is 5.58 Å². The molecule has 0 N–H and O–H groups in total. The van der Waals surface area contributed by atoms with Gasteiger partial charge in [0, 0.05) is 44.1 Å². The zero-order valence-electron chi connectivity index (χ0n) is 26.8. The van der Waals surface area contributed by atoms with Gasteiger partial charge in [-0.3, -0.25) is 0 Å². The summed E-state index contributed by atoms with van der Waals surface area (Å²) in [6.45, 7) is 0. The minimum absolute atomic E-state index is 0.789. The average molecular weight is 642 g/mol. The van der Waals surface area contributed by atoms with Crippen LogP contribution in [0.1, 0.15) is 0 Å². The van der Waals surface area contributed by atoms with E-state index in [1.54, 1.807) is 0 Å². The Labute approximate surface area is 286 Å². The van der Waals surface area contributed by atoms with E-state index in [0.29, 0.717) is 0 Å². The lowest BCUT2D eigenvalue weighted by atomic mass is 9.99. The zero-order chi connectivity index (χ0) is 32.8. The smallest absolute Gasteiger partial charge is 0.159 e. The Morgan fingerprint density at radius 3 is 1.76 bits per heavy atom. The number of hydrogen-bond donors (Lipinski definition) is 0. The van der Waals surface area contributed by atoms with Crippen molar-refractivity contribution in [1.82, 2.24) is 0 Å². The molecule has 0 amide bonds. The second kappa shape index (κ2) is 10.4. The van der Waals surface area contributed by atoms with Crippen molar-refractivity contribution in [1.29, 1.82) is 0 Å². The largest absolute Gasteiger partial charge is 0.456 e. The molecule has 234 valence electrons. The van der Waals surface area contributed by atoms with E-state index in [9.17, 15) is 0 Å². The number of para-hydroxylation sites is 3. The predicted molar refractivity (Wildman–Crippen MR) is 206 cm³/mol. The van der Waals surface area contributed by atoms with Crippen molar-refractivity contribution in [3.8, 4) is 11.1 Å². The molecular weight excluding hydrogens is 615 g/mol. The van der Waals surface area contributed by atoms with Crippen LogP contribution in [0.15, 0.2) is 177 Å². The Kier molecular flexibility index (Phi) is 5.63. The van der Waals surface area contributed by atoms with Gasteiger partial charge in [-0.15, -0.1) is 0 Å². The van der Waals surface area contributed by atoms with Crippen LogP contribution >= 0.6 is 0 Å². The molecule has 8 aromatic carbocycles. The molecular formula is C46H27NO3. The van der Waals surface area contributed by atoms with Gasteiger partial charge in [0.05, 0.1) is 16.8 Å². The van der Waals surface area contributed by atoms with E-state index in [4.69, 9.17) is 13.3 Å². The summed E-state index contributed by atoms with van der Waals surface area (Å²) in [7, 11) is 0. The fraction of sp³-hybridized carbons (Fsp3) is 0. The Morgan fingerprint density at radius 2 is 0.940 bits per heavy atom. The third kappa shape index (κ3) is 3.87. The maximum absolute atomic E-state index is 7.03. The van der Waals surface area contributed by atoms with Crippen LogP contribution < -0.4 is 4.90 Å². The molecule has 0 spiro atoms. The molecule has 0 aliphatic heterocycles. The third-order valence-corrected chi connectivity index (χ3v) is 10.1. The van der Waals surface area contributed by atoms with Gasteiger partial charge in [-0.1, -0.05) is 115 Å². The summed E-state index contributed by atoms with van der Waals surface area (Å²) in [6.07, 6.45) is 0. The molecule has 3 heterocycles. The lowest BCUT2D eigenvalue weighted by Crippen LogP contribution is -2.10. The molecule has 0 fully saturated rings. The first-order chi connectivity index (χ1) is 24.8. The molecule has 0 aliphatic rings. The van der Waals surface area contributed by atoms with Crippen LogP contribution in [0.5, 0.6) is 0 Å². The minimum Gasteiger partial charge on any atom is -0.456 e. The standard InChI is InChI=1S/C46H27NO3/c1-2-11-28(12-3-1)29-21-23-30(24-22-29)47(31-25-26-33-32-13-6-8-19-39(32)48-41(33)27-31)38-18-10-17-37-43-45(50-44(37)38)35-15-5-4-14-34(35)42-36-16-7-9-20-40(36)49-46(42)43/h1-27H. The second-order valence-corrected chi connectivity index (χ2v) is 12.8. The van der Waals surface area contributed by atoms with E-state index in [1.165, 1.54) is 5.56 Å². The van der Waals surface area contributed by atoms with Crippen molar-refractivity contribution in [2.24, 2.45) is 0 Å². The summed E-state index contributed by atoms with van der Waals surface area (Å²) < 4.78 is 20.1. The van der Waals surface area contributed by atoms with Crippen molar-refractivity contribution in [3.63, 3.8) is 0 Å². The number of rotatable bonds is 4. The van der Waals surface area contributed by atoms with Crippen LogP contribution in [0.2, 0.25) is 0 Å². The zero-order valence-corrected chi connectivity index (χ0v) is 26.8. The van der Waals surface area contributed by atoms with Gasteiger partial charge in [-0.05, 0) is 59.0 Å². The highest BCUT2D eigenvalue weighted by Crippen LogP contribution is 2.48. The highest BCUT2D eigenvalue weighted by atomic mass is 16.3. The summed E-state index contributed by atoms with van der Waals surface area (Å²) >= 11 is 0. The summed E-state index contributed by atoms with van der Waals surface area (Å²) in [5.74, 6) is 0. The number of nitrogens with zero attached hydrogens (tertiary/aromatic N) is 1. The first-order valence-electron chi connectivity index (χ1n) is 16.8. The summed E-state index contributed by atoms with van der Waals surface area (Å²) in [4.78, 5) is 2.27. The van der Waals surface area contributed by atoms with Crippen molar-refractivity contribution >= 4 is 93.7 Å². The SMILES string of the molecule is c1ccc(-c2ccc(N(c3ccc4c(c3)oc3ccccc34)c3cccc4c3oc3c5ccccc5c5c6ccccc6oc5c43)cc2)cc1. The van der Waals surface area contributed by atoms with Crippen LogP contribution in [-0.4, -0.2) is 0 Å². The summed E-state index contributed by atoms with van der Waals surface area (Å²) in [5.41, 5.74) is 10.3. The molecule has 0 bridgehead atoms. The van der Waals surface area contributed by atoms with Crippen LogP contribution in [0.3, 0.4) is 0 Å². The molecule has 0 aliphatic carbocycles. The Balaban J connectivity index is 1.20. The van der Waals surface area contributed by atoms with Gasteiger partial charge < -0.3 is 18.2 Å². The topological polar surface area (TPSA) is 42.7 Å². The van der Waals surface area contributed by atoms with E-state index in [-0.39, 0.29) is 0 Å². The van der Waals surface area contributed by atoms with Crippen molar-refractivity contribution in [2.45, 2.75) is 0 Å². The quantitative estimate of drug-likeness (QED) is 0.192. The molecule has 4 heteroatoms. The molecule has 3 aromatic heterocycles. The maximum atomic E-state index is 7.03. The first kappa shape index (κ1) is 27.2. The molecule has 0 saturated heterocycles. The van der Waals surface area contributed by atoms with E-state index < -0.39 is 0 Å². The number of furan rings is 3. The first-order valence-corrected chi connectivity index (χ1v) is 16.8. The minimum atomic E-state index is 0.789. The molecule has 11 rings (SSSR count). The molecule has 50 heavy (non-hydrogen) atoms. The van der Waals surface area contributed by atoms with Gasteiger partial charge >= 0.3 is 0 Å². The molecule has 4 nitrogen and oxygen atoms in total. The number of benzene rings is 8. The van der Waals surface area contributed by atoms with Crippen LogP contribution in [0.4, 0.5) is 17.1 Å². The van der Waals surface area contributed by atoms with Crippen molar-refractivity contribution in [3.05, 3.63) is 164 Å². The monoisotopic (exact) mass is 641 g/mol. The van der Waals surface area contributed by atoms with Gasteiger partial charge in [-0.25, -0.2) is 0 Å².